The molecule has 0 aliphatic carbocycles. The number of halogens is 1. The van der Waals surface area contributed by atoms with Gasteiger partial charge in [0.05, 0.1) is 29.4 Å². The molecule has 0 aromatic heterocycles. The van der Waals surface area contributed by atoms with Crippen LogP contribution in [0.25, 0.3) is 17.5 Å². The number of aryl methyl sites for hydroxylation is 1. The summed E-state index contributed by atoms with van der Waals surface area (Å²) in [4.78, 5) is 0.167. The first-order valence-electron chi connectivity index (χ1n) is 12.2. The van der Waals surface area contributed by atoms with Crippen LogP contribution in [0.4, 0.5) is 4.39 Å². The number of hydrazine groups is 1. The SMILES string of the molecule is COc1ccc(C2=CC3c4cc(F)ccc4C=C(c4ccccc4)N3N2S(=O)(=O)c2ccc(C)cc2)cc1. The van der Waals surface area contributed by atoms with Crippen molar-refractivity contribution in [3.8, 4) is 5.75 Å². The summed E-state index contributed by atoms with van der Waals surface area (Å²) in [7, 11) is -2.48. The molecule has 1 unspecified atom stereocenters. The van der Waals surface area contributed by atoms with Crippen LogP contribution in [0.5, 0.6) is 5.75 Å². The number of nitrogens with zero attached hydrogens (tertiary/aromatic N) is 2. The second-order valence-corrected chi connectivity index (χ2v) is 11.1. The lowest BCUT2D eigenvalue weighted by Gasteiger charge is -2.40. The molecule has 0 fully saturated rings. The predicted octanol–water partition coefficient (Wildman–Crippen LogP) is 6.66. The normalized spacial score (nSPS) is 16.4. The summed E-state index contributed by atoms with van der Waals surface area (Å²) in [5.41, 5.74) is 5.22. The molecule has 1 atom stereocenters. The molecule has 2 aliphatic heterocycles. The highest BCUT2D eigenvalue weighted by Gasteiger charge is 2.45. The van der Waals surface area contributed by atoms with Crippen LogP contribution in [0.2, 0.25) is 0 Å². The van der Waals surface area contributed by atoms with Crippen LogP contribution in [-0.2, 0) is 10.0 Å². The minimum absolute atomic E-state index is 0.167. The summed E-state index contributed by atoms with van der Waals surface area (Å²) in [5, 5.41) is 1.76. The third kappa shape index (κ3) is 3.96. The number of hydrogen-bond acceptors (Lipinski definition) is 4. The molecule has 4 aromatic rings. The van der Waals surface area contributed by atoms with Crippen molar-refractivity contribution in [1.82, 2.24) is 9.42 Å². The van der Waals surface area contributed by atoms with Gasteiger partial charge in [0.2, 0.25) is 0 Å². The van der Waals surface area contributed by atoms with Crippen molar-refractivity contribution >= 4 is 27.5 Å². The standard InChI is InChI=1S/C31H25FN2O3S/c1-21-8-16-27(17-9-21)38(35,36)34-30(23-11-14-26(37-2)15-12-23)20-31-28-19-25(32)13-10-24(28)18-29(33(31)34)22-6-4-3-5-7-22/h3-20,31H,1-2H3. The largest absolute Gasteiger partial charge is 0.497 e. The summed E-state index contributed by atoms with van der Waals surface area (Å²) in [6.07, 6.45) is 3.81. The Kier molecular flexibility index (Phi) is 5.80. The van der Waals surface area contributed by atoms with E-state index < -0.39 is 16.1 Å². The third-order valence-corrected chi connectivity index (χ3v) is 8.59. The van der Waals surface area contributed by atoms with Crippen LogP contribution >= 0.6 is 0 Å². The number of ether oxygens (including phenoxy) is 1. The maximum Gasteiger partial charge on any atom is 0.281 e. The molecule has 38 heavy (non-hydrogen) atoms. The Balaban J connectivity index is 1.61. The van der Waals surface area contributed by atoms with Crippen molar-refractivity contribution in [2.75, 3.05) is 7.11 Å². The van der Waals surface area contributed by atoms with Gasteiger partial charge in [-0.25, -0.2) is 4.39 Å². The second kappa shape index (κ2) is 9.19. The molecule has 0 bridgehead atoms. The van der Waals surface area contributed by atoms with Crippen molar-refractivity contribution in [2.45, 2.75) is 17.9 Å². The number of methoxy groups -OCH3 is 1. The van der Waals surface area contributed by atoms with Crippen molar-refractivity contribution < 1.29 is 17.5 Å². The van der Waals surface area contributed by atoms with Gasteiger partial charge in [0.1, 0.15) is 11.6 Å². The van der Waals surface area contributed by atoms with Gasteiger partial charge >= 0.3 is 0 Å². The van der Waals surface area contributed by atoms with Gasteiger partial charge in [-0.3, -0.25) is 5.01 Å². The highest BCUT2D eigenvalue weighted by molar-refractivity contribution is 7.89. The lowest BCUT2D eigenvalue weighted by molar-refractivity contribution is 0.187. The van der Waals surface area contributed by atoms with Gasteiger partial charge < -0.3 is 4.74 Å². The van der Waals surface area contributed by atoms with Gasteiger partial charge in [0.15, 0.2) is 0 Å². The Hall–Kier alpha value is -4.36. The smallest absolute Gasteiger partial charge is 0.281 e. The van der Waals surface area contributed by atoms with Gasteiger partial charge in [-0.2, -0.15) is 12.8 Å². The van der Waals surface area contributed by atoms with Crippen molar-refractivity contribution in [2.24, 2.45) is 0 Å². The molecule has 0 amide bonds. The minimum Gasteiger partial charge on any atom is -0.497 e. The summed E-state index contributed by atoms with van der Waals surface area (Å²) in [6.45, 7) is 1.91. The van der Waals surface area contributed by atoms with E-state index in [1.807, 2.05) is 61.5 Å². The van der Waals surface area contributed by atoms with Crippen molar-refractivity contribution in [1.29, 1.82) is 0 Å². The predicted molar refractivity (Wildman–Crippen MR) is 146 cm³/mol. The zero-order valence-electron chi connectivity index (χ0n) is 20.9. The molecule has 0 saturated carbocycles. The summed E-state index contributed by atoms with van der Waals surface area (Å²) < 4.78 is 49.9. The van der Waals surface area contributed by atoms with E-state index in [9.17, 15) is 12.8 Å². The Bertz CT molecular complexity index is 1680. The molecule has 0 N–H and O–H groups in total. The van der Waals surface area contributed by atoms with Gasteiger partial charge in [0.25, 0.3) is 10.0 Å². The third-order valence-electron chi connectivity index (χ3n) is 6.89. The Morgan fingerprint density at radius 2 is 1.50 bits per heavy atom. The van der Waals surface area contributed by atoms with Gasteiger partial charge in [0, 0.05) is 5.56 Å². The Labute approximate surface area is 221 Å². The van der Waals surface area contributed by atoms with E-state index in [2.05, 4.69) is 0 Å². The van der Waals surface area contributed by atoms with Crippen LogP contribution < -0.4 is 4.74 Å². The van der Waals surface area contributed by atoms with E-state index in [1.165, 1.54) is 16.5 Å². The molecular weight excluding hydrogens is 499 g/mol. The fraction of sp³-hybridized carbons (Fsp3) is 0.0968. The van der Waals surface area contributed by atoms with Crippen LogP contribution in [0.3, 0.4) is 0 Å². The van der Waals surface area contributed by atoms with E-state index >= 15 is 0 Å². The van der Waals surface area contributed by atoms with E-state index in [0.717, 1.165) is 16.7 Å². The number of hydrogen-bond donors (Lipinski definition) is 0. The van der Waals surface area contributed by atoms with E-state index in [1.54, 1.807) is 54.6 Å². The lowest BCUT2D eigenvalue weighted by Crippen LogP contribution is -2.42. The van der Waals surface area contributed by atoms with Crippen LogP contribution in [0.15, 0.2) is 108 Å². The topological polar surface area (TPSA) is 49.9 Å². The summed E-state index contributed by atoms with van der Waals surface area (Å²) in [5.74, 6) is 0.287. The second-order valence-electron chi connectivity index (χ2n) is 9.30. The maximum atomic E-state index is 14.5. The molecule has 6 rings (SSSR count). The van der Waals surface area contributed by atoms with Gasteiger partial charge in [-0.1, -0.05) is 54.1 Å². The van der Waals surface area contributed by atoms with Crippen LogP contribution in [-0.4, -0.2) is 25.0 Å². The molecular formula is C31H25FN2O3S. The molecule has 0 saturated heterocycles. The summed E-state index contributed by atoms with van der Waals surface area (Å²) >= 11 is 0. The highest BCUT2D eigenvalue weighted by Crippen LogP contribution is 2.50. The Morgan fingerprint density at radius 3 is 2.18 bits per heavy atom. The molecule has 7 heteroatoms. The first-order valence-corrected chi connectivity index (χ1v) is 13.6. The quantitative estimate of drug-likeness (QED) is 0.293. The zero-order valence-corrected chi connectivity index (χ0v) is 21.7. The number of sulfonamides is 1. The Morgan fingerprint density at radius 1 is 0.816 bits per heavy atom. The van der Waals surface area contributed by atoms with Crippen molar-refractivity contribution in [3.63, 3.8) is 0 Å². The fourth-order valence-corrected chi connectivity index (χ4v) is 6.50. The minimum atomic E-state index is -4.07. The molecule has 4 aromatic carbocycles. The van der Waals surface area contributed by atoms with E-state index in [4.69, 9.17) is 4.74 Å². The first-order chi connectivity index (χ1) is 18.4. The molecule has 190 valence electrons. The molecule has 0 spiro atoms. The number of fused-ring (bicyclic) bond motifs is 3. The monoisotopic (exact) mass is 524 g/mol. The molecule has 2 aliphatic rings. The number of rotatable bonds is 5. The zero-order chi connectivity index (χ0) is 26.4. The molecule has 5 nitrogen and oxygen atoms in total. The fourth-order valence-electron chi connectivity index (χ4n) is 4.98. The van der Waals surface area contributed by atoms with Crippen molar-refractivity contribution in [3.05, 3.63) is 137 Å². The van der Waals surface area contributed by atoms with Crippen LogP contribution in [0.1, 0.15) is 33.9 Å². The lowest BCUT2D eigenvalue weighted by atomic mass is 9.93. The first kappa shape index (κ1) is 24.0. The van der Waals surface area contributed by atoms with E-state index in [0.29, 0.717) is 28.3 Å². The molecule has 0 radical (unpaired) electrons. The van der Waals surface area contributed by atoms with Crippen LogP contribution in [0, 0.1) is 12.7 Å². The summed E-state index contributed by atoms with van der Waals surface area (Å²) in [6, 6.07) is 27.8. The highest BCUT2D eigenvalue weighted by atomic mass is 32.2. The average molecular weight is 525 g/mol. The molecule has 2 heterocycles. The van der Waals surface area contributed by atoms with E-state index in [-0.39, 0.29) is 10.7 Å². The van der Waals surface area contributed by atoms with Gasteiger partial charge in [-0.05, 0) is 84.3 Å². The number of benzene rings is 4. The van der Waals surface area contributed by atoms with Gasteiger partial charge in [-0.15, -0.1) is 0 Å². The average Bonchev–Trinajstić information content (AvgIpc) is 3.35. The maximum absolute atomic E-state index is 14.5.